The molecule has 0 saturated carbocycles. The van der Waals surface area contributed by atoms with Crippen LogP contribution in [0, 0.1) is 6.92 Å². The number of aromatic nitrogens is 3. The molecule has 2 aromatic heterocycles. The van der Waals surface area contributed by atoms with E-state index < -0.39 is 0 Å². The molecule has 0 aliphatic carbocycles. The van der Waals surface area contributed by atoms with E-state index in [-0.39, 0.29) is 5.91 Å². The molecule has 3 aromatic rings. The molecular weight excluding hydrogens is 316 g/mol. The van der Waals surface area contributed by atoms with Crippen molar-refractivity contribution in [1.29, 1.82) is 0 Å². The number of imidazole rings is 1. The van der Waals surface area contributed by atoms with Gasteiger partial charge in [-0.15, -0.1) is 0 Å². The first-order valence-electron chi connectivity index (χ1n) is 8.35. The predicted molar refractivity (Wildman–Crippen MR) is 94.0 cm³/mol. The fraction of sp³-hybridized carbons (Fsp3) is 0.316. The van der Waals surface area contributed by atoms with Crippen LogP contribution < -0.4 is 0 Å². The molecule has 0 bridgehead atoms. The Labute approximate surface area is 147 Å². The molecule has 0 spiro atoms. The molecule has 6 heteroatoms. The lowest BCUT2D eigenvalue weighted by Gasteiger charge is -2.22. The van der Waals surface area contributed by atoms with Crippen molar-refractivity contribution in [3.8, 4) is 0 Å². The Hall–Kier alpha value is -2.89. The summed E-state index contributed by atoms with van der Waals surface area (Å²) in [7, 11) is 1.93. The summed E-state index contributed by atoms with van der Waals surface area (Å²) >= 11 is 0. The standard InChI is InChI=1S/C19H22N4O2/c1-15-17(14-25-21-15)19(24)23(13-18-20-10-12-22(18)2)11-6-9-16-7-4-3-5-8-16/h3-5,7-8,10,12,14H,6,9,11,13H2,1-2H3. The summed E-state index contributed by atoms with van der Waals surface area (Å²) in [5.41, 5.74) is 2.39. The zero-order valence-electron chi connectivity index (χ0n) is 14.6. The van der Waals surface area contributed by atoms with Gasteiger partial charge in [-0.3, -0.25) is 4.79 Å². The lowest BCUT2D eigenvalue weighted by molar-refractivity contribution is 0.0734. The van der Waals surface area contributed by atoms with Crippen LogP contribution in [0.5, 0.6) is 0 Å². The number of benzene rings is 1. The molecule has 0 N–H and O–H groups in total. The number of rotatable bonds is 7. The van der Waals surface area contributed by atoms with E-state index in [0.29, 0.717) is 24.3 Å². The van der Waals surface area contributed by atoms with E-state index in [4.69, 9.17) is 4.52 Å². The lowest BCUT2D eigenvalue weighted by Crippen LogP contribution is -2.33. The molecule has 1 aromatic carbocycles. The fourth-order valence-corrected chi connectivity index (χ4v) is 2.76. The first kappa shape index (κ1) is 17.0. The Morgan fingerprint density at radius 2 is 2.08 bits per heavy atom. The summed E-state index contributed by atoms with van der Waals surface area (Å²) in [6.45, 7) is 2.88. The number of aryl methyl sites for hydroxylation is 3. The molecule has 0 fully saturated rings. The normalized spacial score (nSPS) is 10.8. The monoisotopic (exact) mass is 338 g/mol. The van der Waals surface area contributed by atoms with Crippen LogP contribution in [0.2, 0.25) is 0 Å². The largest absolute Gasteiger partial charge is 0.364 e. The van der Waals surface area contributed by atoms with E-state index in [1.54, 1.807) is 13.1 Å². The highest BCUT2D eigenvalue weighted by Gasteiger charge is 2.21. The van der Waals surface area contributed by atoms with Crippen molar-refractivity contribution in [2.45, 2.75) is 26.3 Å². The molecule has 3 rings (SSSR count). The van der Waals surface area contributed by atoms with Gasteiger partial charge >= 0.3 is 0 Å². The van der Waals surface area contributed by atoms with Crippen LogP contribution in [0.1, 0.15) is 33.9 Å². The van der Waals surface area contributed by atoms with Gasteiger partial charge in [-0.2, -0.15) is 0 Å². The van der Waals surface area contributed by atoms with E-state index in [1.807, 2.05) is 40.9 Å². The van der Waals surface area contributed by atoms with Crippen LogP contribution in [0.25, 0.3) is 0 Å². The van der Waals surface area contributed by atoms with Crippen LogP contribution in [-0.4, -0.2) is 32.1 Å². The highest BCUT2D eigenvalue weighted by molar-refractivity contribution is 5.94. The Balaban J connectivity index is 1.71. The molecule has 0 unspecified atom stereocenters. The average molecular weight is 338 g/mol. The molecule has 130 valence electrons. The minimum Gasteiger partial charge on any atom is -0.364 e. The summed E-state index contributed by atoms with van der Waals surface area (Å²) in [6, 6.07) is 10.3. The summed E-state index contributed by atoms with van der Waals surface area (Å²) < 4.78 is 6.86. The van der Waals surface area contributed by atoms with Crippen molar-refractivity contribution in [3.63, 3.8) is 0 Å². The van der Waals surface area contributed by atoms with Gasteiger partial charge in [-0.25, -0.2) is 4.98 Å². The minimum atomic E-state index is -0.0742. The van der Waals surface area contributed by atoms with Gasteiger partial charge in [0.25, 0.3) is 5.91 Å². The number of amides is 1. The molecule has 0 saturated heterocycles. The van der Waals surface area contributed by atoms with Gasteiger partial charge in [0.2, 0.25) is 0 Å². The number of hydrogen-bond donors (Lipinski definition) is 0. The maximum absolute atomic E-state index is 12.9. The minimum absolute atomic E-state index is 0.0742. The van der Waals surface area contributed by atoms with Gasteiger partial charge in [0.1, 0.15) is 17.7 Å². The van der Waals surface area contributed by atoms with Crippen molar-refractivity contribution in [2.75, 3.05) is 6.54 Å². The zero-order chi connectivity index (χ0) is 17.6. The third-order valence-electron chi connectivity index (χ3n) is 4.26. The lowest BCUT2D eigenvalue weighted by atomic mass is 10.1. The van der Waals surface area contributed by atoms with Crippen LogP contribution in [-0.2, 0) is 20.0 Å². The highest BCUT2D eigenvalue weighted by atomic mass is 16.5. The summed E-state index contributed by atoms with van der Waals surface area (Å²) in [5, 5.41) is 3.82. The van der Waals surface area contributed by atoms with Gasteiger partial charge in [-0.05, 0) is 25.3 Å². The van der Waals surface area contributed by atoms with Gasteiger partial charge in [0.05, 0.1) is 12.2 Å². The van der Waals surface area contributed by atoms with E-state index in [2.05, 4.69) is 22.3 Å². The molecule has 0 atom stereocenters. The second-order valence-corrected chi connectivity index (χ2v) is 6.08. The van der Waals surface area contributed by atoms with Crippen molar-refractivity contribution in [2.24, 2.45) is 7.05 Å². The Morgan fingerprint density at radius 3 is 2.72 bits per heavy atom. The van der Waals surface area contributed by atoms with E-state index in [1.165, 1.54) is 11.8 Å². The third-order valence-corrected chi connectivity index (χ3v) is 4.26. The van der Waals surface area contributed by atoms with Crippen LogP contribution in [0.4, 0.5) is 0 Å². The predicted octanol–water partition coefficient (Wildman–Crippen LogP) is 2.99. The Bertz CT molecular complexity index is 823. The van der Waals surface area contributed by atoms with Gasteiger partial charge in [-0.1, -0.05) is 35.5 Å². The fourth-order valence-electron chi connectivity index (χ4n) is 2.76. The molecule has 0 radical (unpaired) electrons. The van der Waals surface area contributed by atoms with Crippen LogP contribution >= 0.6 is 0 Å². The first-order valence-corrected chi connectivity index (χ1v) is 8.35. The molecule has 6 nitrogen and oxygen atoms in total. The molecule has 2 heterocycles. The number of carbonyl (C=O) groups excluding carboxylic acids is 1. The highest BCUT2D eigenvalue weighted by Crippen LogP contribution is 2.13. The van der Waals surface area contributed by atoms with Gasteiger partial charge < -0.3 is 14.0 Å². The second kappa shape index (κ2) is 7.79. The molecular formula is C19H22N4O2. The van der Waals surface area contributed by atoms with Crippen molar-refractivity contribution >= 4 is 5.91 Å². The maximum Gasteiger partial charge on any atom is 0.259 e. The second-order valence-electron chi connectivity index (χ2n) is 6.08. The molecule has 0 aliphatic heterocycles. The van der Waals surface area contributed by atoms with E-state index in [9.17, 15) is 4.79 Å². The smallest absolute Gasteiger partial charge is 0.259 e. The van der Waals surface area contributed by atoms with Crippen molar-refractivity contribution < 1.29 is 9.32 Å². The Morgan fingerprint density at radius 1 is 1.28 bits per heavy atom. The third kappa shape index (κ3) is 4.15. The zero-order valence-corrected chi connectivity index (χ0v) is 14.6. The SMILES string of the molecule is Cc1nocc1C(=O)N(CCCc1ccccc1)Cc1nccn1C. The molecule has 1 amide bonds. The number of nitrogens with zero attached hydrogens (tertiary/aromatic N) is 4. The average Bonchev–Trinajstić information content (AvgIpc) is 3.23. The van der Waals surface area contributed by atoms with Crippen molar-refractivity contribution in [3.05, 3.63) is 71.6 Å². The van der Waals surface area contributed by atoms with E-state index >= 15 is 0 Å². The quantitative estimate of drug-likeness (QED) is 0.664. The number of carbonyl (C=O) groups is 1. The van der Waals surface area contributed by atoms with Gasteiger partial charge in [0, 0.05) is 26.0 Å². The van der Waals surface area contributed by atoms with Crippen LogP contribution in [0.15, 0.2) is 53.5 Å². The maximum atomic E-state index is 12.9. The van der Waals surface area contributed by atoms with Crippen molar-refractivity contribution in [1.82, 2.24) is 19.6 Å². The molecule has 0 aliphatic rings. The molecule has 25 heavy (non-hydrogen) atoms. The topological polar surface area (TPSA) is 64.2 Å². The van der Waals surface area contributed by atoms with Crippen LogP contribution in [0.3, 0.4) is 0 Å². The summed E-state index contributed by atoms with van der Waals surface area (Å²) in [6.07, 6.45) is 6.85. The summed E-state index contributed by atoms with van der Waals surface area (Å²) in [4.78, 5) is 19.0. The number of hydrogen-bond acceptors (Lipinski definition) is 4. The summed E-state index contributed by atoms with van der Waals surface area (Å²) in [5.74, 6) is 0.775. The first-order chi connectivity index (χ1) is 12.1. The Kier molecular flexibility index (Phi) is 5.28. The van der Waals surface area contributed by atoms with E-state index in [0.717, 1.165) is 18.7 Å². The van der Waals surface area contributed by atoms with Gasteiger partial charge in [0.15, 0.2) is 0 Å².